The molecule has 0 N–H and O–H groups in total. The molecule has 0 nitrogen and oxygen atoms in total. The van der Waals surface area contributed by atoms with Gasteiger partial charge in [0.05, 0.1) is 0 Å². The summed E-state index contributed by atoms with van der Waals surface area (Å²) in [6.45, 7) is 2.24. The fraction of sp³-hybridized carbons (Fsp3) is 0.333. The van der Waals surface area contributed by atoms with Crippen LogP contribution in [0.1, 0.15) is 36.8 Å². The third-order valence-electron chi connectivity index (χ3n) is 2.50. The maximum absolute atomic E-state index is 9.90. The quantitative estimate of drug-likeness (QED) is 0.649. The fourth-order valence-corrected chi connectivity index (χ4v) is 1.89. The minimum atomic E-state index is -7.18. The second-order valence-electron chi connectivity index (χ2n) is 3.81. The molecule has 0 aromatic heterocycles. The number of hydrogen-bond acceptors (Lipinski definition) is 0. The van der Waals surface area contributed by atoms with Gasteiger partial charge in [-0.05, 0) is 17.5 Å². The number of hydrogen-bond donors (Lipinski definition) is 0. The molecule has 0 saturated heterocycles. The number of halogens is 4. The molecule has 0 bridgehead atoms. The maximum atomic E-state index is 9.90. The standard InChI is InChI=1S/C12H14.4FH.Zr/c1-2-5-10-8-9-11-6-3-4-7-12(10)11;;;;;/h3-4,6-10H,2,5H2,1H3;4*1H;/q;;;;;+4/p-4. The van der Waals surface area contributed by atoms with E-state index in [2.05, 4.69) is 43.3 Å². The van der Waals surface area contributed by atoms with E-state index in [1.54, 1.807) is 0 Å². The average molecular weight is 325 g/mol. The van der Waals surface area contributed by atoms with Gasteiger partial charge in [-0.3, -0.25) is 0 Å². The van der Waals surface area contributed by atoms with E-state index < -0.39 is 22.7 Å². The van der Waals surface area contributed by atoms with Crippen LogP contribution in [-0.4, -0.2) is 0 Å². The summed E-state index contributed by atoms with van der Waals surface area (Å²) in [5.74, 6) is 0.686. The van der Waals surface area contributed by atoms with E-state index in [1.807, 2.05) is 0 Å². The second kappa shape index (κ2) is 6.48. The number of allylic oxidation sites excluding steroid dienone is 1. The molecule has 94 valence electrons. The molecule has 0 fully saturated rings. The molecular formula is C12H14F4Zr. The normalized spacial score (nSPS) is 17.4. The summed E-state index contributed by atoms with van der Waals surface area (Å²) in [6, 6.07) is 8.68. The zero-order valence-electron chi connectivity index (χ0n) is 9.47. The van der Waals surface area contributed by atoms with E-state index in [1.165, 1.54) is 24.0 Å². The second-order valence-corrected chi connectivity index (χ2v) is 5.92. The van der Waals surface area contributed by atoms with Crippen LogP contribution >= 0.6 is 0 Å². The molecule has 0 aliphatic heterocycles. The van der Waals surface area contributed by atoms with Crippen molar-refractivity contribution in [1.29, 1.82) is 0 Å². The van der Waals surface area contributed by atoms with E-state index in [0.29, 0.717) is 5.92 Å². The summed E-state index contributed by atoms with van der Waals surface area (Å²) in [5, 5.41) is 0. The third kappa shape index (κ3) is 5.62. The van der Waals surface area contributed by atoms with E-state index >= 15 is 0 Å². The number of rotatable bonds is 2. The van der Waals surface area contributed by atoms with Gasteiger partial charge in [-0.1, -0.05) is 49.8 Å². The predicted molar refractivity (Wildman–Crippen MR) is 57.6 cm³/mol. The van der Waals surface area contributed by atoms with Crippen molar-refractivity contribution in [2.75, 3.05) is 0 Å². The molecule has 0 spiro atoms. The van der Waals surface area contributed by atoms with Gasteiger partial charge in [0, 0.05) is 5.92 Å². The van der Waals surface area contributed by atoms with E-state index in [-0.39, 0.29) is 0 Å². The van der Waals surface area contributed by atoms with E-state index in [9.17, 15) is 10.5 Å². The van der Waals surface area contributed by atoms with Crippen molar-refractivity contribution >= 4 is 6.08 Å². The van der Waals surface area contributed by atoms with Crippen LogP contribution in [0.5, 0.6) is 0 Å². The first kappa shape index (κ1) is 14.6. The van der Waals surface area contributed by atoms with E-state index in [0.717, 1.165) is 0 Å². The Hall–Kier alpha value is -0.437. The number of benzene rings is 1. The number of fused-ring (bicyclic) bond motifs is 1. The molecule has 17 heavy (non-hydrogen) atoms. The summed E-state index contributed by atoms with van der Waals surface area (Å²) in [6.07, 6.45) is 7.13. The van der Waals surface area contributed by atoms with Gasteiger partial charge in [0.1, 0.15) is 0 Å². The van der Waals surface area contributed by atoms with Crippen LogP contribution in [-0.2, 0) is 22.7 Å². The zero-order chi connectivity index (χ0) is 12.9. The van der Waals surface area contributed by atoms with Gasteiger partial charge in [-0.25, -0.2) is 0 Å². The van der Waals surface area contributed by atoms with Gasteiger partial charge in [-0.15, -0.1) is 0 Å². The van der Waals surface area contributed by atoms with Crippen LogP contribution < -0.4 is 0 Å². The van der Waals surface area contributed by atoms with Gasteiger partial charge in [-0.2, -0.15) is 0 Å². The minimum absolute atomic E-state index is 0.686. The first-order valence-electron chi connectivity index (χ1n) is 5.44. The summed E-state index contributed by atoms with van der Waals surface area (Å²) < 4.78 is 39.6. The van der Waals surface area contributed by atoms with Crippen molar-refractivity contribution in [2.24, 2.45) is 0 Å². The molecular weight excluding hydrogens is 311 g/mol. The van der Waals surface area contributed by atoms with Gasteiger partial charge in [0.15, 0.2) is 0 Å². The van der Waals surface area contributed by atoms with Crippen molar-refractivity contribution in [1.82, 2.24) is 0 Å². The van der Waals surface area contributed by atoms with Crippen LogP contribution in [0.25, 0.3) is 6.08 Å². The average Bonchev–Trinajstić information content (AvgIpc) is 2.60. The Balaban J connectivity index is 0.000000249. The van der Waals surface area contributed by atoms with Crippen molar-refractivity contribution < 1.29 is 33.2 Å². The first-order valence-corrected chi connectivity index (χ1v) is 9.16. The Morgan fingerprint density at radius 3 is 2.29 bits per heavy atom. The van der Waals surface area contributed by atoms with Gasteiger partial charge in [0.2, 0.25) is 0 Å². The Bertz CT molecular complexity index is 378. The molecule has 0 radical (unpaired) electrons. The first-order chi connectivity index (χ1) is 7.92. The molecule has 0 heterocycles. The fourth-order valence-electron chi connectivity index (χ4n) is 1.89. The van der Waals surface area contributed by atoms with Gasteiger partial charge in [0.25, 0.3) is 0 Å². The van der Waals surface area contributed by atoms with Gasteiger partial charge >= 0.3 is 33.2 Å². The van der Waals surface area contributed by atoms with Crippen LogP contribution in [0.15, 0.2) is 30.3 Å². The van der Waals surface area contributed by atoms with Gasteiger partial charge < -0.3 is 0 Å². The molecule has 1 atom stereocenters. The molecule has 5 heteroatoms. The molecule has 1 unspecified atom stereocenters. The molecule has 2 rings (SSSR count). The van der Waals surface area contributed by atoms with E-state index in [4.69, 9.17) is 0 Å². The Morgan fingerprint density at radius 2 is 1.71 bits per heavy atom. The monoisotopic (exact) mass is 324 g/mol. The summed E-state index contributed by atoms with van der Waals surface area (Å²) in [5.41, 5.74) is 2.93. The van der Waals surface area contributed by atoms with Crippen molar-refractivity contribution in [3.8, 4) is 0 Å². The predicted octanol–water partition coefficient (Wildman–Crippen LogP) is 5.28. The van der Waals surface area contributed by atoms with Crippen molar-refractivity contribution in [2.45, 2.75) is 25.7 Å². The van der Waals surface area contributed by atoms with Crippen molar-refractivity contribution in [3.05, 3.63) is 41.5 Å². The SMILES string of the molecule is CCCC1C=Cc2ccccc21.[F][Zr]([F])([F])[F]. The van der Waals surface area contributed by atoms with Crippen LogP contribution in [0, 0.1) is 0 Å². The van der Waals surface area contributed by atoms with Crippen LogP contribution in [0.3, 0.4) is 0 Å². The van der Waals surface area contributed by atoms with Crippen molar-refractivity contribution in [3.63, 3.8) is 0 Å². The van der Waals surface area contributed by atoms with Crippen LogP contribution in [0.4, 0.5) is 10.5 Å². The zero-order valence-corrected chi connectivity index (χ0v) is 11.9. The molecule has 1 aliphatic rings. The van der Waals surface area contributed by atoms with Crippen LogP contribution in [0.2, 0.25) is 0 Å². The molecule has 1 aromatic carbocycles. The summed E-state index contributed by atoms with van der Waals surface area (Å²) in [4.78, 5) is 0. The Kier molecular flexibility index (Phi) is 5.58. The Labute approximate surface area is 106 Å². The Morgan fingerprint density at radius 1 is 1.12 bits per heavy atom. The molecule has 1 aromatic rings. The summed E-state index contributed by atoms with van der Waals surface area (Å²) in [7, 11) is 0. The summed E-state index contributed by atoms with van der Waals surface area (Å²) >= 11 is -7.18. The third-order valence-corrected chi connectivity index (χ3v) is 2.50. The molecule has 0 amide bonds. The molecule has 0 saturated carbocycles. The molecule has 1 aliphatic carbocycles. The topological polar surface area (TPSA) is 0 Å².